The highest BCUT2D eigenvalue weighted by Crippen LogP contribution is 2.30. The average molecular weight is 463 g/mol. The van der Waals surface area contributed by atoms with E-state index in [1.807, 2.05) is 18.2 Å². The number of carbonyl (C=O) groups is 1. The first-order valence-corrected chi connectivity index (χ1v) is 11.2. The first kappa shape index (κ1) is 24.6. The van der Waals surface area contributed by atoms with Crippen LogP contribution >= 0.6 is 11.6 Å². The van der Waals surface area contributed by atoms with Crippen LogP contribution in [0.1, 0.15) is 17.2 Å². The summed E-state index contributed by atoms with van der Waals surface area (Å²) in [6.45, 7) is 3.77. The molecule has 2 aromatic rings. The van der Waals surface area contributed by atoms with Crippen LogP contribution < -0.4 is 0 Å². The van der Waals surface area contributed by atoms with Crippen molar-refractivity contribution in [2.24, 2.45) is 0 Å². The fourth-order valence-electron chi connectivity index (χ4n) is 3.84. The minimum Gasteiger partial charge on any atom is -0.456 e. The molecule has 1 heterocycles. The zero-order chi connectivity index (χ0) is 22.8. The second kappa shape index (κ2) is 12.9. The lowest BCUT2D eigenvalue weighted by molar-refractivity contribution is -0.158. The molecule has 1 atom stereocenters. The molecule has 7 nitrogen and oxygen atoms in total. The Bertz CT molecular complexity index is 809. The minimum atomic E-state index is -0.891. The molecule has 0 saturated carbocycles. The van der Waals surface area contributed by atoms with Crippen molar-refractivity contribution in [1.29, 1.82) is 0 Å². The SMILES string of the molecule is O=C(COCCN1CCN([C@H](c2ccccc2)c2ccc(Cl)cc2)CC1)OC(CO)CO. The number of rotatable bonds is 11. The van der Waals surface area contributed by atoms with E-state index in [2.05, 4.69) is 46.2 Å². The van der Waals surface area contributed by atoms with Crippen molar-refractivity contribution in [3.63, 3.8) is 0 Å². The molecule has 8 heteroatoms. The van der Waals surface area contributed by atoms with Crippen molar-refractivity contribution in [3.8, 4) is 0 Å². The Hall–Kier alpha value is -2.00. The van der Waals surface area contributed by atoms with E-state index in [0.29, 0.717) is 6.61 Å². The van der Waals surface area contributed by atoms with Gasteiger partial charge in [0.2, 0.25) is 0 Å². The predicted octanol–water partition coefficient (Wildman–Crippen LogP) is 1.96. The lowest BCUT2D eigenvalue weighted by Crippen LogP contribution is -2.48. The van der Waals surface area contributed by atoms with Crippen LogP contribution in [-0.4, -0.2) is 91.2 Å². The number of aliphatic hydroxyl groups is 2. The van der Waals surface area contributed by atoms with Gasteiger partial charge in [-0.25, -0.2) is 4.79 Å². The molecule has 174 valence electrons. The Labute approximate surface area is 194 Å². The maximum atomic E-state index is 11.6. The third kappa shape index (κ3) is 7.27. The zero-order valence-electron chi connectivity index (χ0n) is 18.1. The van der Waals surface area contributed by atoms with Gasteiger partial charge in [0.15, 0.2) is 0 Å². The molecular formula is C24H31ClN2O5. The average Bonchev–Trinajstić information content (AvgIpc) is 2.83. The van der Waals surface area contributed by atoms with Crippen molar-refractivity contribution < 1.29 is 24.5 Å². The van der Waals surface area contributed by atoms with Gasteiger partial charge in [0.1, 0.15) is 12.7 Å². The van der Waals surface area contributed by atoms with Crippen molar-refractivity contribution >= 4 is 17.6 Å². The van der Waals surface area contributed by atoms with Gasteiger partial charge in [-0.2, -0.15) is 0 Å². The highest BCUT2D eigenvalue weighted by Gasteiger charge is 2.26. The number of esters is 1. The second-order valence-electron chi connectivity index (χ2n) is 7.77. The molecule has 2 aromatic carbocycles. The van der Waals surface area contributed by atoms with Crippen LogP contribution in [0.2, 0.25) is 5.02 Å². The molecule has 1 saturated heterocycles. The molecule has 3 rings (SSSR count). The van der Waals surface area contributed by atoms with Gasteiger partial charge in [-0.15, -0.1) is 0 Å². The van der Waals surface area contributed by atoms with E-state index in [9.17, 15) is 4.79 Å². The monoisotopic (exact) mass is 462 g/mol. The largest absolute Gasteiger partial charge is 0.456 e. The van der Waals surface area contributed by atoms with Gasteiger partial charge >= 0.3 is 5.97 Å². The fraction of sp³-hybridized carbons (Fsp3) is 0.458. The lowest BCUT2D eigenvalue weighted by Gasteiger charge is -2.39. The van der Waals surface area contributed by atoms with E-state index in [0.717, 1.165) is 37.7 Å². The summed E-state index contributed by atoms with van der Waals surface area (Å²) in [5.74, 6) is -0.586. The highest BCUT2D eigenvalue weighted by molar-refractivity contribution is 6.30. The van der Waals surface area contributed by atoms with E-state index < -0.39 is 25.3 Å². The molecule has 0 radical (unpaired) electrons. The van der Waals surface area contributed by atoms with Gasteiger partial charge in [-0.05, 0) is 23.3 Å². The van der Waals surface area contributed by atoms with Gasteiger partial charge < -0.3 is 19.7 Å². The number of ether oxygens (including phenoxy) is 2. The van der Waals surface area contributed by atoms with Gasteiger partial charge in [-0.1, -0.05) is 54.1 Å². The number of hydrogen-bond donors (Lipinski definition) is 2. The smallest absolute Gasteiger partial charge is 0.332 e. The molecule has 0 aromatic heterocycles. The van der Waals surface area contributed by atoms with Crippen LogP contribution in [0.15, 0.2) is 54.6 Å². The number of aliphatic hydroxyl groups excluding tert-OH is 2. The van der Waals surface area contributed by atoms with Crippen LogP contribution in [0.4, 0.5) is 0 Å². The molecular weight excluding hydrogens is 432 g/mol. The topological polar surface area (TPSA) is 82.5 Å². The van der Waals surface area contributed by atoms with Crippen molar-refractivity contribution in [1.82, 2.24) is 9.80 Å². The summed E-state index contributed by atoms with van der Waals surface area (Å²) in [7, 11) is 0. The van der Waals surface area contributed by atoms with Crippen LogP contribution in [0.3, 0.4) is 0 Å². The third-order valence-corrected chi connectivity index (χ3v) is 5.80. The minimum absolute atomic E-state index is 0.174. The fourth-order valence-corrected chi connectivity index (χ4v) is 3.97. The van der Waals surface area contributed by atoms with Crippen LogP contribution in [0, 0.1) is 0 Å². The maximum absolute atomic E-state index is 11.6. The summed E-state index contributed by atoms with van der Waals surface area (Å²) in [6, 6.07) is 18.7. The van der Waals surface area contributed by atoms with E-state index in [1.54, 1.807) is 0 Å². The van der Waals surface area contributed by atoms with Gasteiger partial charge in [-0.3, -0.25) is 9.80 Å². The van der Waals surface area contributed by atoms with Crippen molar-refractivity contribution in [2.45, 2.75) is 12.1 Å². The summed E-state index contributed by atoms with van der Waals surface area (Å²) in [5.41, 5.74) is 2.48. The van der Waals surface area contributed by atoms with E-state index >= 15 is 0 Å². The number of hydrogen-bond acceptors (Lipinski definition) is 7. The van der Waals surface area contributed by atoms with Crippen LogP contribution in [0.25, 0.3) is 0 Å². The van der Waals surface area contributed by atoms with Crippen LogP contribution in [0.5, 0.6) is 0 Å². The van der Waals surface area contributed by atoms with E-state index in [4.69, 9.17) is 31.3 Å². The number of carbonyl (C=O) groups excluding carboxylic acids is 1. The number of piperazine rings is 1. The van der Waals surface area contributed by atoms with Crippen molar-refractivity contribution in [3.05, 3.63) is 70.7 Å². The van der Waals surface area contributed by atoms with E-state index in [1.165, 1.54) is 11.1 Å². The Morgan fingerprint density at radius 3 is 2.19 bits per heavy atom. The zero-order valence-corrected chi connectivity index (χ0v) is 18.9. The molecule has 0 bridgehead atoms. The Kier molecular flexibility index (Phi) is 9.92. The number of nitrogens with zero attached hydrogens (tertiary/aromatic N) is 2. The van der Waals surface area contributed by atoms with Crippen LogP contribution in [-0.2, 0) is 14.3 Å². The standard InChI is InChI=1S/C24H31ClN2O5/c25-21-8-6-20(7-9-21)24(19-4-2-1-3-5-19)27-12-10-26(11-13-27)14-15-31-18-23(30)32-22(16-28)17-29/h1-9,22,24,28-29H,10-18H2/t24-/m1/s1. The quantitative estimate of drug-likeness (QED) is 0.390. The summed E-state index contributed by atoms with van der Waals surface area (Å²) in [5, 5.41) is 18.6. The van der Waals surface area contributed by atoms with Crippen molar-refractivity contribution in [2.75, 3.05) is 59.2 Å². The van der Waals surface area contributed by atoms with Gasteiger partial charge in [0, 0.05) is 37.7 Å². The summed E-state index contributed by atoms with van der Waals surface area (Å²) in [4.78, 5) is 16.4. The Morgan fingerprint density at radius 1 is 0.938 bits per heavy atom. The van der Waals surface area contributed by atoms with E-state index in [-0.39, 0.29) is 12.6 Å². The molecule has 2 N–H and O–H groups in total. The Balaban J connectivity index is 1.48. The normalized spacial score (nSPS) is 16.2. The predicted molar refractivity (Wildman–Crippen MR) is 123 cm³/mol. The molecule has 1 aliphatic heterocycles. The highest BCUT2D eigenvalue weighted by atomic mass is 35.5. The molecule has 0 unspecified atom stereocenters. The molecule has 0 aliphatic carbocycles. The summed E-state index contributed by atoms with van der Waals surface area (Å²) < 4.78 is 10.3. The maximum Gasteiger partial charge on any atom is 0.332 e. The number of halogens is 1. The number of benzene rings is 2. The molecule has 1 fully saturated rings. The first-order chi connectivity index (χ1) is 15.6. The first-order valence-electron chi connectivity index (χ1n) is 10.9. The summed E-state index contributed by atoms with van der Waals surface area (Å²) >= 11 is 6.10. The molecule has 32 heavy (non-hydrogen) atoms. The van der Waals surface area contributed by atoms with Gasteiger partial charge in [0.25, 0.3) is 0 Å². The third-order valence-electron chi connectivity index (χ3n) is 5.55. The summed E-state index contributed by atoms with van der Waals surface area (Å²) in [6.07, 6.45) is -0.891. The molecule has 1 aliphatic rings. The molecule has 0 spiro atoms. The lowest BCUT2D eigenvalue weighted by atomic mass is 9.96. The molecule has 0 amide bonds. The van der Waals surface area contributed by atoms with Gasteiger partial charge in [0.05, 0.1) is 25.9 Å². The Morgan fingerprint density at radius 2 is 1.56 bits per heavy atom. The second-order valence-corrected chi connectivity index (χ2v) is 8.21.